The lowest BCUT2D eigenvalue weighted by Gasteiger charge is -2.16. The van der Waals surface area contributed by atoms with Crippen molar-refractivity contribution >= 4 is 12.0 Å². The zero-order valence-electron chi connectivity index (χ0n) is 8.01. The van der Waals surface area contributed by atoms with Gasteiger partial charge < -0.3 is 10.6 Å². The summed E-state index contributed by atoms with van der Waals surface area (Å²) in [6.45, 7) is 5.70. The molecule has 0 spiro atoms. The monoisotopic (exact) mass is 189 g/mol. The zero-order valence-corrected chi connectivity index (χ0v) is 8.01. The first-order valence-corrected chi connectivity index (χ1v) is 3.81. The maximum atomic E-state index is 11.0. The van der Waals surface area contributed by atoms with E-state index in [9.17, 15) is 9.59 Å². The third kappa shape index (κ3) is 8.61. The van der Waals surface area contributed by atoms with Gasteiger partial charge in [0.1, 0.15) is 0 Å². The molecule has 0 unspecified atom stereocenters. The van der Waals surface area contributed by atoms with E-state index in [1.165, 1.54) is 0 Å². The third-order valence-electron chi connectivity index (χ3n) is 1.01. The van der Waals surface area contributed by atoms with Crippen molar-refractivity contribution in [3.63, 3.8) is 0 Å². The van der Waals surface area contributed by atoms with E-state index in [2.05, 4.69) is 4.84 Å². The molecule has 0 aliphatic carbocycles. The first-order chi connectivity index (χ1) is 5.81. The van der Waals surface area contributed by atoms with E-state index < -0.39 is 12.0 Å². The lowest BCUT2D eigenvalue weighted by molar-refractivity contribution is -0.154. The van der Waals surface area contributed by atoms with Crippen LogP contribution in [0.25, 0.3) is 0 Å². The van der Waals surface area contributed by atoms with Gasteiger partial charge in [-0.1, -0.05) is 26.4 Å². The second kappa shape index (κ2) is 4.66. The molecule has 0 saturated carbocycles. The van der Waals surface area contributed by atoms with Gasteiger partial charge in [0.2, 0.25) is 0 Å². The number of nitrogens with two attached hydrogens (primary N) is 1. The molecule has 2 amide bonds. The highest BCUT2D eigenvalue weighted by molar-refractivity contribution is 5.72. The van der Waals surface area contributed by atoms with Crippen LogP contribution in [0, 0.1) is 5.41 Å². The third-order valence-corrected chi connectivity index (χ3v) is 1.01. The fourth-order valence-corrected chi connectivity index (χ4v) is 0.602. The van der Waals surface area contributed by atoms with Crippen LogP contribution in [0.4, 0.5) is 4.79 Å². The second-order valence-corrected chi connectivity index (χ2v) is 3.80. The highest BCUT2D eigenvalue weighted by Crippen LogP contribution is 2.18. The fourth-order valence-electron chi connectivity index (χ4n) is 0.602. The number of rotatable bonds is 3. The average molecular weight is 189 g/mol. The van der Waals surface area contributed by atoms with Crippen LogP contribution in [0.1, 0.15) is 27.2 Å². The number of hydrogen-bond acceptors (Lipinski definition) is 4. The van der Waals surface area contributed by atoms with Gasteiger partial charge in [-0.2, -0.15) is 0 Å². The number of primary amides is 1. The molecular weight excluding hydrogens is 174 g/mol. The number of carbonyl (C=O) groups excluding carboxylic acids is 2. The number of nitrogens with one attached hydrogen (secondary N) is 2. The Morgan fingerprint density at radius 2 is 1.92 bits per heavy atom. The van der Waals surface area contributed by atoms with Gasteiger partial charge in [-0.25, -0.2) is 10.2 Å². The van der Waals surface area contributed by atoms with Gasteiger partial charge in [0, 0.05) is 0 Å². The second-order valence-electron chi connectivity index (χ2n) is 3.80. The van der Waals surface area contributed by atoms with Crippen molar-refractivity contribution in [1.29, 1.82) is 0 Å². The lowest BCUT2D eigenvalue weighted by atomic mass is 9.93. The topological polar surface area (TPSA) is 93.4 Å². The quantitative estimate of drug-likeness (QED) is 0.547. The molecular formula is C7H15N3O3. The van der Waals surface area contributed by atoms with Gasteiger partial charge in [-0.15, -0.1) is 0 Å². The molecule has 6 heteroatoms. The van der Waals surface area contributed by atoms with Crippen LogP contribution < -0.4 is 16.7 Å². The van der Waals surface area contributed by atoms with Crippen LogP contribution in [0.3, 0.4) is 0 Å². The summed E-state index contributed by atoms with van der Waals surface area (Å²) in [5.41, 5.74) is 8.40. The summed E-state index contributed by atoms with van der Waals surface area (Å²) in [6, 6.07) is -0.816. The van der Waals surface area contributed by atoms with Crippen LogP contribution in [0.15, 0.2) is 0 Å². The molecule has 4 N–H and O–H groups in total. The van der Waals surface area contributed by atoms with Crippen molar-refractivity contribution in [3.8, 4) is 0 Å². The molecule has 0 bridgehead atoms. The Kier molecular flexibility index (Phi) is 4.19. The van der Waals surface area contributed by atoms with E-state index in [4.69, 9.17) is 5.73 Å². The van der Waals surface area contributed by atoms with Crippen LogP contribution in [-0.4, -0.2) is 12.0 Å². The lowest BCUT2D eigenvalue weighted by Crippen LogP contribution is -2.42. The van der Waals surface area contributed by atoms with Gasteiger partial charge in [-0.05, 0) is 5.41 Å². The van der Waals surface area contributed by atoms with Crippen molar-refractivity contribution in [2.45, 2.75) is 27.2 Å². The van der Waals surface area contributed by atoms with E-state index in [-0.39, 0.29) is 11.8 Å². The van der Waals surface area contributed by atoms with Crippen LogP contribution in [-0.2, 0) is 9.63 Å². The molecule has 76 valence electrons. The minimum Gasteiger partial charge on any atom is -0.351 e. The SMILES string of the molecule is CC(C)(C)CC(=O)ONNC(N)=O. The summed E-state index contributed by atoms with van der Waals surface area (Å²) < 4.78 is 0. The number of urea groups is 1. The van der Waals surface area contributed by atoms with E-state index in [1.807, 2.05) is 31.8 Å². The number of carbonyl (C=O) groups is 2. The molecule has 6 nitrogen and oxygen atoms in total. The number of amides is 2. The van der Waals surface area contributed by atoms with E-state index in [1.54, 1.807) is 0 Å². The first kappa shape index (κ1) is 11.7. The molecule has 0 aromatic carbocycles. The Hall–Kier alpha value is -1.30. The Labute approximate surface area is 76.7 Å². The zero-order chi connectivity index (χ0) is 10.5. The maximum Gasteiger partial charge on any atom is 0.329 e. The maximum absolute atomic E-state index is 11.0. The van der Waals surface area contributed by atoms with Crippen molar-refractivity contribution in [1.82, 2.24) is 11.0 Å². The van der Waals surface area contributed by atoms with Crippen molar-refractivity contribution in [2.75, 3.05) is 0 Å². The van der Waals surface area contributed by atoms with E-state index >= 15 is 0 Å². The molecule has 0 rings (SSSR count). The minimum atomic E-state index is -0.816. The Balaban J connectivity index is 3.59. The van der Waals surface area contributed by atoms with Crippen LogP contribution in [0.5, 0.6) is 0 Å². The fraction of sp³-hybridized carbons (Fsp3) is 0.714. The predicted molar refractivity (Wildman–Crippen MR) is 46.0 cm³/mol. The summed E-state index contributed by atoms with van der Waals surface area (Å²) in [5.74, 6) is -0.457. The van der Waals surface area contributed by atoms with Gasteiger partial charge >= 0.3 is 12.0 Å². The normalized spacial score (nSPS) is 10.7. The summed E-state index contributed by atoms with van der Waals surface area (Å²) in [7, 11) is 0. The summed E-state index contributed by atoms with van der Waals surface area (Å²) in [4.78, 5) is 25.5. The molecule has 0 aliphatic heterocycles. The van der Waals surface area contributed by atoms with Gasteiger partial charge in [0.25, 0.3) is 0 Å². The molecule has 0 aliphatic rings. The van der Waals surface area contributed by atoms with E-state index in [0.29, 0.717) is 0 Å². The smallest absolute Gasteiger partial charge is 0.329 e. The average Bonchev–Trinajstić information content (AvgIpc) is 1.81. The Morgan fingerprint density at radius 1 is 1.38 bits per heavy atom. The number of hydrogen-bond donors (Lipinski definition) is 3. The molecule has 0 fully saturated rings. The summed E-state index contributed by atoms with van der Waals surface area (Å²) in [6.07, 6.45) is 0.250. The molecule has 0 radical (unpaired) electrons. The molecule has 0 aromatic heterocycles. The highest BCUT2D eigenvalue weighted by atomic mass is 16.7. The Morgan fingerprint density at radius 3 is 2.31 bits per heavy atom. The van der Waals surface area contributed by atoms with Gasteiger partial charge in [0.05, 0.1) is 6.42 Å². The van der Waals surface area contributed by atoms with Gasteiger partial charge in [-0.3, -0.25) is 4.79 Å². The Bertz CT molecular complexity index is 198. The van der Waals surface area contributed by atoms with Crippen LogP contribution >= 0.6 is 0 Å². The van der Waals surface area contributed by atoms with Gasteiger partial charge in [0.15, 0.2) is 0 Å². The van der Waals surface area contributed by atoms with E-state index in [0.717, 1.165) is 0 Å². The molecule has 0 heterocycles. The first-order valence-electron chi connectivity index (χ1n) is 3.81. The standard InChI is InChI=1S/C7H15N3O3/c1-7(2,3)4-5(11)13-10-9-6(8)12/h10H,4H2,1-3H3,(H3,8,9,12). The largest absolute Gasteiger partial charge is 0.351 e. The van der Waals surface area contributed by atoms with Crippen molar-refractivity contribution < 1.29 is 14.4 Å². The number of hydrazine groups is 1. The molecule has 0 saturated heterocycles. The summed E-state index contributed by atoms with van der Waals surface area (Å²) in [5, 5.41) is 0. The summed E-state index contributed by atoms with van der Waals surface area (Å²) >= 11 is 0. The van der Waals surface area contributed by atoms with Crippen LogP contribution in [0.2, 0.25) is 0 Å². The van der Waals surface area contributed by atoms with Crippen molar-refractivity contribution in [2.24, 2.45) is 11.1 Å². The molecule has 0 atom stereocenters. The van der Waals surface area contributed by atoms with Crippen molar-refractivity contribution in [3.05, 3.63) is 0 Å². The predicted octanol–water partition coefficient (Wildman–Crippen LogP) is 0.0537. The molecule has 0 aromatic rings. The minimum absolute atomic E-state index is 0.147. The molecule has 13 heavy (non-hydrogen) atoms. The highest BCUT2D eigenvalue weighted by Gasteiger charge is 2.17.